The van der Waals surface area contributed by atoms with Gasteiger partial charge in [0.05, 0.1) is 6.21 Å². The summed E-state index contributed by atoms with van der Waals surface area (Å²) in [5, 5.41) is 5.21. The number of nitrogens with zero attached hydrogens (tertiary/aromatic N) is 2. The van der Waals surface area contributed by atoms with Gasteiger partial charge in [-0.2, -0.15) is 5.10 Å². The topological polar surface area (TPSA) is 55.6 Å². The molecular weight excluding hydrogens is 326 g/mol. The molecule has 1 aromatic heterocycles. The van der Waals surface area contributed by atoms with Crippen LogP contribution in [0, 0.1) is 20.8 Å². The molecule has 0 atom stereocenters. The average molecular weight is 349 g/mol. The van der Waals surface area contributed by atoms with Gasteiger partial charge in [0.2, 0.25) is 0 Å². The van der Waals surface area contributed by atoms with Gasteiger partial charge in [0.1, 0.15) is 5.75 Å². The van der Waals surface area contributed by atoms with E-state index in [0.29, 0.717) is 5.75 Å². The molecule has 0 saturated heterocycles. The first-order chi connectivity index (χ1) is 12.5. The molecule has 5 nitrogen and oxygen atoms in total. The second-order valence-corrected chi connectivity index (χ2v) is 6.36. The Morgan fingerprint density at radius 2 is 1.92 bits per heavy atom. The zero-order valence-corrected chi connectivity index (χ0v) is 15.5. The van der Waals surface area contributed by atoms with Crippen LogP contribution >= 0.6 is 0 Å². The SMILES string of the molecule is Cc1cccc(OCC(=O)N/N=C\c2c(C)n(C)c3ccccc23)c1C. The normalized spacial score (nSPS) is 11.2. The van der Waals surface area contributed by atoms with Gasteiger partial charge in [-0.15, -0.1) is 0 Å². The maximum Gasteiger partial charge on any atom is 0.277 e. The lowest BCUT2D eigenvalue weighted by molar-refractivity contribution is -0.123. The molecule has 1 amide bonds. The van der Waals surface area contributed by atoms with Gasteiger partial charge in [0, 0.05) is 29.2 Å². The zero-order chi connectivity index (χ0) is 18.7. The molecule has 0 fully saturated rings. The number of benzene rings is 2. The maximum absolute atomic E-state index is 12.0. The molecule has 3 aromatic rings. The van der Waals surface area contributed by atoms with Crippen molar-refractivity contribution in [2.45, 2.75) is 20.8 Å². The summed E-state index contributed by atoms with van der Waals surface area (Å²) in [6.45, 7) is 5.95. The third-order valence-corrected chi connectivity index (χ3v) is 4.75. The smallest absolute Gasteiger partial charge is 0.277 e. The van der Waals surface area contributed by atoms with E-state index >= 15 is 0 Å². The highest BCUT2D eigenvalue weighted by Crippen LogP contribution is 2.23. The number of carbonyl (C=O) groups excluding carboxylic acids is 1. The van der Waals surface area contributed by atoms with Gasteiger partial charge < -0.3 is 9.30 Å². The minimum atomic E-state index is -0.292. The molecule has 5 heteroatoms. The Hall–Kier alpha value is -3.08. The molecular formula is C21H23N3O2. The van der Waals surface area contributed by atoms with Crippen molar-refractivity contribution in [1.82, 2.24) is 9.99 Å². The Labute approximate surface area is 153 Å². The van der Waals surface area contributed by atoms with Crippen molar-refractivity contribution in [2.75, 3.05) is 6.61 Å². The summed E-state index contributed by atoms with van der Waals surface area (Å²) in [5.41, 5.74) is 7.93. The molecule has 0 radical (unpaired) electrons. The second kappa shape index (κ2) is 7.44. The van der Waals surface area contributed by atoms with Gasteiger partial charge in [0.25, 0.3) is 5.91 Å². The van der Waals surface area contributed by atoms with Crippen molar-refractivity contribution in [3.8, 4) is 5.75 Å². The number of aryl methyl sites for hydroxylation is 2. The number of hydrogen-bond donors (Lipinski definition) is 1. The summed E-state index contributed by atoms with van der Waals surface area (Å²) in [5.74, 6) is 0.425. The molecule has 134 valence electrons. The van der Waals surface area contributed by atoms with Crippen LogP contribution in [0.4, 0.5) is 0 Å². The van der Waals surface area contributed by atoms with Crippen molar-refractivity contribution in [3.05, 3.63) is 64.8 Å². The lowest BCUT2D eigenvalue weighted by atomic mass is 10.1. The number of carbonyl (C=O) groups is 1. The molecule has 0 aliphatic heterocycles. The van der Waals surface area contributed by atoms with Crippen LogP contribution < -0.4 is 10.2 Å². The van der Waals surface area contributed by atoms with Crippen LogP contribution in [0.5, 0.6) is 5.75 Å². The first-order valence-electron chi connectivity index (χ1n) is 8.54. The number of aromatic nitrogens is 1. The van der Waals surface area contributed by atoms with Crippen molar-refractivity contribution >= 4 is 23.0 Å². The van der Waals surface area contributed by atoms with E-state index in [0.717, 1.165) is 33.3 Å². The zero-order valence-electron chi connectivity index (χ0n) is 15.5. The van der Waals surface area contributed by atoms with Crippen LogP contribution in [0.3, 0.4) is 0 Å². The predicted molar refractivity (Wildman–Crippen MR) is 105 cm³/mol. The summed E-state index contributed by atoms with van der Waals surface area (Å²) in [6, 6.07) is 13.9. The molecule has 26 heavy (non-hydrogen) atoms. The van der Waals surface area contributed by atoms with E-state index in [2.05, 4.69) is 27.2 Å². The lowest BCUT2D eigenvalue weighted by Gasteiger charge is -2.09. The Morgan fingerprint density at radius 1 is 1.15 bits per heavy atom. The van der Waals surface area contributed by atoms with Gasteiger partial charge in [0.15, 0.2) is 6.61 Å². The van der Waals surface area contributed by atoms with E-state index in [1.54, 1.807) is 6.21 Å². The fraction of sp³-hybridized carbons (Fsp3) is 0.238. The van der Waals surface area contributed by atoms with Crippen molar-refractivity contribution < 1.29 is 9.53 Å². The number of nitrogens with one attached hydrogen (secondary N) is 1. The third-order valence-electron chi connectivity index (χ3n) is 4.75. The summed E-state index contributed by atoms with van der Waals surface area (Å²) in [7, 11) is 2.02. The number of rotatable bonds is 5. The van der Waals surface area contributed by atoms with E-state index in [1.165, 1.54) is 0 Å². The molecule has 2 aromatic carbocycles. The first kappa shape index (κ1) is 17.7. The largest absolute Gasteiger partial charge is 0.483 e. The van der Waals surface area contributed by atoms with Crippen LogP contribution in [0.2, 0.25) is 0 Å². The van der Waals surface area contributed by atoms with Crippen molar-refractivity contribution in [3.63, 3.8) is 0 Å². The predicted octanol–water partition coefficient (Wildman–Crippen LogP) is 3.63. The van der Waals surface area contributed by atoms with E-state index in [4.69, 9.17) is 4.74 Å². The minimum absolute atomic E-state index is 0.0733. The molecule has 1 heterocycles. The van der Waals surface area contributed by atoms with E-state index in [-0.39, 0.29) is 12.5 Å². The summed E-state index contributed by atoms with van der Waals surface area (Å²) >= 11 is 0. The van der Waals surface area contributed by atoms with E-state index < -0.39 is 0 Å². The van der Waals surface area contributed by atoms with Crippen LogP contribution in [-0.4, -0.2) is 23.3 Å². The van der Waals surface area contributed by atoms with Crippen LogP contribution in [0.15, 0.2) is 47.6 Å². The highest BCUT2D eigenvalue weighted by atomic mass is 16.5. The fourth-order valence-electron chi connectivity index (χ4n) is 2.94. The second-order valence-electron chi connectivity index (χ2n) is 6.36. The van der Waals surface area contributed by atoms with Gasteiger partial charge in [-0.05, 0) is 44.0 Å². The van der Waals surface area contributed by atoms with E-state index in [1.807, 2.05) is 58.2 Å². The minimum Gasteiger partial charge on any atom is -0.483 e. The quantitative estimate of drug-likeness (QED) is 0.565. The summed E-state index contributed by atoms with van der Waals surface area (Å²) in [4.78, 5) is 12.0. The number of fused-ring (bicyclic) bond motifs is 1. The molecule has 0 unspecified atom stereocenters. The maximum atomic E-state index is 12.0. The fourth-order valence-corrected chi connectivity index (χ4v) is 2.94. The lowest BCUT2D eigenvalue weighted by Crippen LogP contribution is -2.24. The Bertz CT molecular complexity index is 986. The summed E-state index contributed by atoms with van der Waals surface area (Å²) in [6.07, 6.45) is 1.69. The first-order valence-corrected chi connectivity index (χ1v) is 8.54. The van der Waals surface area contributed by atoms with Gasteiger partial charge in [-0.1, -0.05) is 30.3 Å². The van der Waals surface area contributed by atoms with Gasteiger partial charge in [-0.3, -0.25) is 4.79 Å². The highest BCUT2D eigenvalue weighted by molar-refractivity contribution is 6.01. The van der Waals surface area contributed by atoms with Crippen LogP contribution in [0.25, 0.3) is 10.9 Å². The molecule has 3 rings (SSSR count). The number of hydrazone groups is 1. The van der Waals surface area contributed by atoms with Gasteiger partial charge in [-0.25, -0.2) is 5.43 Å². The van der Waals surface area contributed by atoms with Gasteiger partial charge >= 0.3 is 0 Å². The summed E-state index contributed by atoms with van der Waals surface area (Å²) < 4.78 is 7.70. The Kier molecular flexibility index (Phi) is 5.07. The number of amides is 1. The number of para-hydroxylation sites is 1. The Morgan fingerprint density at radius 3 is 2.73 bits per heavy atom. The Balaban J connectivity index is 1.65. The van der Waals surface area contributed by atoms with E-state index in [9.17, 15) is 4.79 Å². The monoisotopic (exact) mass is 349 g/mol. The third kappa shape index (κ3) is 3.47. The molecule has 1 N–H and O–H groups in total. The molecule has 0 aliphatic carbocycles. The van der Waals surface area contributed by atoms with Crippen molar-refractivity contribution in [2.24, 2.45) is 12.1 Å². The number of hydrogen-bond acceptors (Lipinski definition) is 3. The average Bonchev–Trinajstić information content (AvgIpc) is 2.88. The molecule has 0 saturated carbocycles. The molecule has 0 aliphatic rings. The standard InChI is InChI=1S/C21H23N3O2/c1-14-8-7-11-20(15(14)2)26-13-21(25)23-22-12-18-16(3)24(4)19-10-6-5-9-17(18)19/h5-12H,13H2,1-4H3,(H,23,25)/b22-12-. The highest BCUT2D eigenvalue weighted by Gasteiger charge is 2.10. The van der Waals surface area contributed by atoms with Crippen LogP contribution in [0.1, 0.15) is 22.4 Å². The van der Waals surface area contributed by atoms with Crippen molar-refractivity contribution in [1.29, 1.82) is 0 Å². The molecule has 0 spiro atoms. The van der Waals surface area contributed by atoms with Crippen LogP contribution in [-0.2, 0) is 11.8 Å². The number of ether oxygens (including phenoxy) is 1. The molecule has 0 bridgehead atoms.